The number of likely N-dealkylation sites (tertiary alicyclic amines) is 1. The van der Waals surface area contributed by atoms with E-state index in [4.69, 9.17) is 0 Å². The SMILES string of the molecule is CCNC(=O)N1CC(N(C)C)C1. The third-order valence-corrected chi connectivity index (χ3v) is 2.21. The Morgan fingerprint density at radius 3 is 2.58 bits per heavy atom. The van der Waals surface area contributed by atoms with E-state index in [0.717, 1.165) is 13.1 Å². The van der Waals surface area contributed by atoms with E-state index in [1.165, 1.54) is 0 Å². The van der Waals surface area contributed by atoms with E-state index in [1.807, 2.05) is 25.9 Å². The molecule has 1 fully saturated rings. The number of nitrogens with one attached hydrogen (secondary N) is 1. The molecule has 0 radical (unpaired) electrons. The molecule has 1 N–H and O–H groups in total. The number of likely N-dealkylation sites (N-methyl/N-ethyl adjacent to an activating group) is 1. The van der Waals surface area contributed by atoms with Crippen molar-refractivity contribution in [3.05, 3.63) is 0 Å². The van der Waals surface area contributed by atoms with E-state index >= 15 is 0 Å². The Kier molecular flexibility index (Phi) is 2.92. The largest absolute Gasteiger partial charge is 0.338 e. The summed E-state index contributed by atoms with van der Waals surface area (Å²) >= 11 is 0. The van der Waals surface area contributed by atoms with Gasteiger partial charge in [-0.25, -0.2) is 4.79 Å². The topological polar surface area (TPSA) is 35.6 Å². The molecule has 0 atom stereocenters. The molecule has 0 unspecified atom stereocenters. The molecule has 0 aromatic heterocycles. The summed E-state index contributed by atoms with van der Waals surface area (Å²) in [4.78, 5) is 15.2. The van der Waals surface area contributed by atoms with Gasteiger partial charge in [-0.2, -0.15) is 0 Å². The van der Waals surface area contributed by atoms with Crippen molar-refractivity contribution in [3.8, 4) is 0 Å². The molecular weight excluding hydrogens is 154 g/mol. The molecule has 0 bridgehead atoms. The highest BCUT2D eigenvalue weighted by Crippen LogP contribution is 2.11. The minimum absolute atomic E-state index is 0.0654. The maximum absolute atomic E-state index is 11.2. The molecule has 1 aliphatic heterocycles. The first kappa shape index (κ1) is 9.32. The normalized spacial score (nSPS) is 17.8. The molecule has 1 heterocycles. The highest BCUT2D eigenvalue weighted by molar-refractivity contribution is 5.75. The average molecular weight is 171 g/mol. The van der Waals surface area contributed by atoms with Crippen molar-refractivity contribution in [1.29, 1.82) is 0 Å². The summed E-state index contributed by atoms with van der Waals surface area (Å²) in [5.41, 5.74) is 0. The summed E-state index contributed by atoms with van der Waals surface area (Å²) in [7, 11) is 4.08. The number of hydrogen-bond donors (Lipinski definition) is 1. The number of amides is 2. The first-order valence-electron chi connectivity index (χ1n) is 4.34. The lowest BCUT2D eigenvalue weighted by molar-refractivity contribution is 0.0875. The number of nitrogens with zero attached hydrogens (tertiary/aromatic N) is 2. The van der Waals surface area contributed by atoms with Gasteiger partial charge in [0.05, 0.1) is 0 Å². The van der Waals surface area contributed by atoms with E-state index in [9.17, 15) is 4.79 Å². The Labute approximate surface area is 73.5 Å². The van der Waals surface area contributed by atoms with Crippen LogP contribution in [0.15, 0.2) is 0 Å². The Bertz CT molecular complexity index is 164. The molecule has 70 valence electrons. The zero-order valence-corrected chi connectivity index (χ0v) is 8.00. The van der Waals surface area contributed by atoms with Gasteiger partial charge >= 0.3 is 6.03 Å². The number of carbonyl (C=O) groups is 1. The van der Waals surface area contributed by atoms with Crippen LogP contribution in [0.4, 0.5) is 4.79 Å². The summed E-state index contributed by atoms with van der Waals surface area (Å²) in [6.45, 7) is 4.36. The smallest absolute Gasteiger partial charge is 0.317 e. The Hall–Kier alpha value is -0.770. The molecule has 0 aliphatic carbocycles. The summed E-state index contributed by atoms with van der Waals surface area (Å²) < 4.78 is 0. The fraction of sp³-hybridized carbons (Fsp3) is 0.875. The van der Waals surface area contributed by atoms with Crippen molar-refractivity contribution in [3.63, 3.8) is 0 Å². The van der Waals surface area contributed by atoms with Gasteiger partial charge in [0.15, 0.2) is 0 Å². The molecule has 1 aliphatic rings. The van der Waals surface area contributed by atoms with E-state index in [0.29, 0.717) is 12.6 Å². The van der Waals surface area contributed by atoms with Crippen LogP contribution in [-0.2, 0) is 0 Å². The molecule has 0 saturated carbocycles. The number of rotatable bonds is 2. The van der Waals surface area contributed by atoms with Crippen LogP contribution in [0.3, 0.4) is 0 Å². The molecule has 0 aromatic rings. The molecule has 1 rings (SSSR count). The van der Waals surface area contributed by atoms with Crippen LogP contribution < -0.4 is 5.32 Å². The number of hydrogen-bond acceptors (Lipinski definition) is 2. The van der Waals surface area contributed by atoms with Crippen LogP contribution in [0.2, 0.25) is 0 Å². The van der Waals surface area contributed by atoms with Crippen molar-refractivity contribution >= 4 is 6.03 Å². The molecular formula is C8H17N3O. The van der Waals surface area contributed by atoms with Crippen LogP contribution in [-0.4, -0.2) is 55.6 Å². The first-order chi connectivity index (χ1) is 5.65. The summed E-state index contributed by atoms with van der Waals surface area (Å²) in [6, 6.07) is 0.614. The van der Waals surface area contributed by atoms with Gasteiger partial charge in [0.1, 0.15) is 0 Å². The zero-order chi connectivity index (χ0) is 9.14. The van der Waals surface area contributed by atoms with Crippen LogP contribution in [0.25, 0.3) is 0 Å². The van der Waals surface area contributed by atoms with Gasteiger partial charge in [0, 0.05) is 25.7 Å². The standard InChI is InChI=1S/C8H17N3O/c1-4-9-8(12)11-5-7(6-11)10(2)3/h7H,4-6H2,1-3H3,(H,9,12). The highest BCUT2D eigenvalue weighted by atomic mass is 16.2. The second kappa shape index (κ2) is 3.76. The van der Waals surface area contributed by atoms with Crippen LogP contribution in [0, 0.1) is 0 Å². The summed E-state index contributed by atoms with van der Waals surface area (Å²) in [5.74, 6) is 0. The van der Waals surface area contributed by atoms with Crippen LogP contribution in [0.1, 0.15) is 6.92 Å². The average Bonchev–Trinajstić information content (AvgIpc) is 1.82. The van der Waals surface area contributed by atoms with E-state index in [2.05, 4.69) is 10.2 Å². The lowest BCUT2D eigenvalue weighted by Crippen LogP contribution is -2.61. The van der Waals surface area contributed by atoms with Crippen LogP contribution in [0.5, 0.6) is 0 Å². The molecule has 1 saturated heterocycles. The Morgan fingerprint density at radius 1 is 1.58 bits per heavy atom. The fourth-order valence-corrected chi connectivity index (χ4v) is 1.21. The number of carbonyl (C=O) groups excluding carboxylic acids is 1. The molecule has 2 amide bonds. The number of urea groups is 1. The third-order valence-electron chi connectivity index (χ3n) is 2.21. The maximum Gasteiger partial charge on any atom is 0.317 e. The quantitative estimate of drug-likeness (QED) is 0.633. The molecule has 4 nitrogen and oxygen atoms in total. The van der Waals surface area contributed by atoms with Gasteiger partial charge in [-0.05, 0) is 21.0 Å². The van der Waals surface area contributed by atoms with Crippen molar-refractivity contribution in [2.24, 2.45) is 0 Å². The zero-order valence-electron chi connectivity index (χ0n) is 8.00. The minimum Gasteiger partial charge on any atom is -0.338 e. The minimum atomic E-state index is 0.0654. The van der Waals surface area contributed by atoms with E-state index in [-0.39, 0.29) is 6.03 Å². The van der Waals surface area contributed by atoms with Gasteiger partial charge in [-0.3, -0.25) is 0 Å². The van der Waals surface area contributed by atoms with Crippen molar-refractivity contribution in [2.75, 3.05) is 33.7 Å². The predicted octanol–water partition coefficient (Wildman–Crippen LogP) is -0.0383. The van der Waals surface area contributed by atoms with Crippen molar-refractivity contribution in [2.45, 2.75) is 13.0 Å². The molecule has 0 spiro atoms. The van der Waals surface area contributed by atoms with Gasteiger partial charge in [0.2, 0.25) is 0 Å². The van der Waals surface area contributed by atoms with E-state index < -0.39 is 0 Å². The molecule has 12 heavy (non-hydrogen) atoms. The fourth-order valence-electron chi connectivity index (χ4n) is 1.21. The van der Waals surface area contributed by atoms with Crippen molar-refractivity contribution in [1.82, 2.24) is 15.1 Å². The van der Waals surface area contributed by atoms with Crippen LogP contribution >= 0.6 is 0 Å². The molecule has 4 heteroatoms. The maximum atomic E-state index is 11.2. The van der Waals surface area contributed by atoms with Gasteiger partial charge in [-0.1, -0.05) is 0 Å². The second-order valence-corrected chi connectivity index (χ2v) is 3.36. The third kappa shape index (κ3) is 1.88. The van der Waals surface area contributed by atoms with Gasteiger partial charge in [-0.15, -0.1) is 0 Å². The Morgan fingerprint density at radius 2 is 2.17 bits per heavy atom. The first-order valence-corrected chi connectivity index (χ1v) is 4.34. The highest BCUT2D eigenvalue weighted by Gasteiger charge is 2.31. The molecule has 0 aromatic carbocycles. The summed E-state index contributed by atoms with van der Waals surface area (Å²) in [5, 5.41) is 2.78. The van der Waals surface area contributed by atoms with Gasteiger partial charge in [0.25, 0.3) is 0 Å². The lowest BCUT2D eigenvalue weighted by atomic mass is 10.1. The summed E-state index contributed by atoms with van der Waals surface area (Å²) in [6.07, 6.45) is 0. The Balaban J connectivity index is 2.20. The monoisotopic (exact) mass is 171 g/mol. The predicted molar refractivity (Wildman–Crippen MR) is 48.1 cm³/mol. The van der Waals surface area contributed by atoms with Crippen molar-refractivity contribution < 1.29 is 4.79 Å². The second-order valence-electron chi connectivity index (χ2n) is 3.36. The van der Waals surface area contributed by atoms with E-state index in [1.54, 1.807) is 0 Å². The van der Waals surface area contributed by atoms with Gasteiger partial charge < -0.3 is 15.1 Å². The lowest BCUT2D eigenvalue weighted by Gasteiger charge is -2.42.